The standard InChI is InChI=1S/C16H24N2O3/c1-21-15-5-3-2-4-11(15)8-9-18-16(20)12-6-7-14(19)13(17)10-12/h2-5,12-14,19H,6-10,17H2,1H3,(H,18,20)/t12-,13+,14+/m0/s1. The summed E-state index contributed by atoms with van der Waals surface area (Å²) in [6.07, 6.45) is 2.13. The molecular weight excluding hydrogens is 268 g/mol. The molecule has 1 fully saturated rings. The second-order valence-electron chi connectivity index (χ2n) is 5.59. The molecule has 116 valence electrons. The fourth-order valence-corrected chi connectivity index (χ4v) is 2.80. The van der Waals surface area contributed by atoms with Gasteiger partial charge in [0.05, 0.1) is 13.2 Å². The number of carbonyl (C=O) groups excluding carboxylic acids is 1. The normalized spacial score (nSPS) is 25.4. The molecule has 1 amide bonds. The van der Waals surface area contributed by atoms with E-state index in [4.69, 9.17) is 10.5 Å². The van der Waals surface area contributed by atoms with Crippen molar-refractivity contribution < 1.29 is 14.6 Å². The zero-order valence-corrected chi connectivity index (χ0v) is 12.4. The first kappa shape index (κ1) is 15.8. The maximum atomic E-state index is 12.1. The monoisotopic (exact) mass is 292 g/mol. The number of nitrogens with two attached hydrogens (primary N) is 1. The average molecular weight is 292 g/mol. The number of carbonyl (C=O) groups is 1. The van der Waals surface area contributed by atoms with Crippen molar-refractivity contribution in [2.45, 2.75) is 37.8 Å². The fraction of sp³-hybridized carbons (Fsp3) is 0.562. The van der Waals surface area contributed by atoms with Gasteiger partial charge in [-0.25, -0.2) is 0 Å². The molecule has 1 aromatic carbocycles. The van der Waals surface area contributed by atoms with E-state index in [0.717, 1.165) is 17.7 Å². The third-order valence-corrected chi connectivity index (χ3v) is 4.12. The highest BCUT2D eigenvalue weighted by Crippen LogP contribution is 2.23. The van der Waals surface area contributed by atoms with Gasteiger partial charge < -0.3 is 20.9 Å². The SMILES string of the molecule is COc1ccccc1CCNC(=O)[C@H]1CC[C@@H](O)[C@H](N)C1. The Balaban J connectivity index is 1.79. The molecule has 5 heteroatoms. The Labute approximate surface area is 125 Å². The Bertz CT molecular complexity index is 478. The Morgan fingerprint density at radius 1 is 1.43 bits per heavy atom. The number of aliphatic hydroxyl groups is 1. The zero-order chi connectivity index (χ0) is 15.2. The van der Waals surface area contributed by atoms with E-state index in [9.17, 15) is 9.90 Å². The van der Waals surface area contributed by atoms with Gasteiger partial charge in [-0.1, -0.05) is 18.2 Å². The molecule has 1 aliphatic rings. The number of hydrogen-bond acceptors (Lipinski definition) is 4. The van der Waals surface area contributed by atoms with Crippen LogP contribution in [0.25, 0.3) is 0 Å². The van der Waals surface area contributed by atoms with Gasteiger partial charge in [-0.2, -0.15) is 0 Å². The molecule has 21 heavy (non-hydrogen) atoms. The van der Waals surface area contributed by atoms with Gasteiger partial charge in [0, 0.05) is 18.5 Å². The van der Waals surface area contributed by atoms with Gasteiger partial charge in [0.2, 0.25) is 5.91 Å². The van der Waals surface area contributed by atoms with Crippen LogP contribution >= 0.6 is 0 Å². The number of para-hydroxylation sites is 1. The number of aliphatic hydroxyl groups excluding tert-OH is 1. The number of nitrogens with one attached hydrogen (secondary N) is 1. The van der Waals surface area contributed by atoms with Gasteiger partial charge in [-0.05, 0) is 37.3 Å². The Hall–Kier alpha value is -1.59. The van der Waals surface area contributed by atoms with Crippen LogP contribution in [0.4, 0.5) is 0 Å². The molecule has 1 saturated carbocycles. The lowest BCUT2D eigenvalue weighted by Crippen LogP contribution is -2.45. The van der Waals surface area contributed by atoms with E-state index in [0.29, 0.717) is 25.8 Å². The molecule has 0 aliphatic heterocycles. The highest BCUT2D eigenvalue weighted by atomic mass is 16.5. The molecule has 0 saturated heterocycles. The lowest BCUT2D eigenvalue weighted by molar-refractivity contribution is -0.126. The van der Waals surface area contributed by atoms with Crippen LogP contribution in [0, 0.1) is 5.92 Å². The Kier molecular flexibility index (Phi) is 5.59. The zero-order valence-electron chi connectivity index (χ0n) is 12.4. The van der Waals surface area contributed by atoms with Crippen LogP contribution < -0.4 is 15.8 Å². The van der Waals surface area contributed by atoms with E-state index in [1.165, 1.54) is 0 Å². The van der Waals surface area contributed by atoms with Gasteiger partial charge in [-0.3, -0.25) is 4.79 Å². The van der Waals surface area contributed by atoms with Crippen molar-refractivity contribution in [1.29, 1.82) is 0 Å². The van der Waals surface area contributed by atoms with Gasteiger partial charge in [0.15, 0.2) is 0 Å². The maximum absolute atomic E-state index is 12.1. The fourth-order valence-electron chi connectivity index (χ4n) is 2.80. The maximum Gasteiger partial charge on any atom is 0.223 e. The smallest absolute Gasteiger partial charge is 0.223 e. The van der Waals surface area contributed by atoms with Crippen molar-refractivity contribution in [3.8, 4) is 5.75 Å². The van der Waals surface area contributed by atoms with Crippen LogP contribution in [0.3, 0.4) is 0 Å². The number of methoxy groups -OCH3 is 1. The van der Waals surface area contributed by atoms with E-state index in [1.807, 2.05) is 24.3 Å². The van der Waals surface area contributed by atoms with Crippen molar-refractivity contribution in [3.63, 3.8) is 0 Å². The summed E-state index contributed by atoms with van der Waals surface area (Å²) < 4.78 is 5.29. The van der Waals surface area contributed by atoms with E-state index < -0.39 is 6.10 Å². The van der Waals surface area contributed by atoms with Crippen LogP contribution in [0.15, 0.2) is 24.3 Å². The largest absolute Gasteiger partial charge is 0.496 e. The number of amides is 1. The lowest BCUT2D eigenvalue weighted by atomic mass is 9.83. The van der Waals surface area contributed by atoms with Gasteiger partial charge in [-0.15, -0.1) is 0 Å². The molecule has 2 rings (SSSR count). The van der Waals surface area contributed by atoms with Crippen molar-refractivity contribution in [1.82, 2.24) is 5.32 Å². The molecule has 1 aromatic rings. The van der Waals surface area contributed by atoms with Crippen LogP contribution in [-0.2, 0) is 11.2 Å². The number of rotatable bonds is 5. The summed E-state index contributed by atoms with van der Waals surface area (Å²) in [6, 6.07) is 7.51. The Morgan fingerprint density at radius 2 is 2.19 bits per heavy atom. The summed E-state index contributed by atoms with van der Waals surface area (Å²) >= 11 is 0. The minimum atomic E-state index is -0.470. The van der Waals surface area contributed by atoms with Crippen LogP contribution in [0.5, 0.6) is 5.75 Å². The highest BCUT2D eigenvalue weighted by molar-refractivity contribution is 5.78. The van der Waals surface area contributed by atoms with Crippen molar-refractivity contribution in [3.05, 3.63) is 29.8 Å². The van der Waals surface area contributed by atoms with Crippen molar-refractivity contribution >= 4 is 5.91 Å². The average Bonchev–Trinajstić information content (AvgIpc) is 2.50. The van der Waals surface area contributed by atoms with E-state index >= 15 is 0 Å². The first-order valence-electron chi connectivity index (χ1n) is 7.45. The summed E-state index contributed by atoms with van der Waals surface area (Å²) in [6.45, 7) is 0.577. The molecule has 0 bridgehead atoms. The summed E-state index contributed by atoms with van der Waals surface area (Å²) in [4.78, 5) is 12.1. The van der Waals surface area contributed by atoms with Gasteiger partial charge in [0.25, 0.3) is 0 Å². The first-order chi connectivity index (χ1) is 10.1. The molecule has 4 N–H and O–H groups in total. The molecule has 3 atom stereocenters. The molecule has 0 spiro atoms. The Morgan fingerprint density at radius 3 is 2.90 bits per heavy atom. The van der Waals surface area contributed by atoms with Crippen molar-refractivity contribution in [2.75, 3.05) is 13.7 Å². The second-order valence-corrected chi connectivity index (χ2v) is 5.59. The first-order valence-corrected chi connectivity index (χ1v) is 7.45. The minimum absolute atomic E-state index is 0.0345. The number of benzene rings is 1. The van der Waals surface area contributed by atoms with E-state index in [2.05, 4.69) is 5.32 Å². The summed E-state index contributed by atoms with van der Waals surface area (Å²) in [5.41, 5.74) is 6.90. The summed E-state index contributed by atoms with van der Waals surface area (Å²) in [5, 5.41) is 12.5. The molecule has 0 unspecified atom stereocenters. The molecule has 5 nitrogen and oxygen atoms in total. The minimum Gasteiger partial charge on any atom is -0.496 e. The topological polar surface area (TPSA) is 84.6 Å². The third-order valence-electron chi connectivity index (χ3n) is 4.12. The molecule has 0 radical (unpaired) electrons. The molecule has 0 aromatic heterocycles. The molecule has 0 heterocycles. The van der Waals surface area contributed by atoms with Gasteiger partial charge in [0.1, 0.15) is 5.75 Å². The highest BCUT2D eigenvalue weighted by Gasteiger charge is 2.30. The van der Waals surface area contributed by atoms with E-state index in [1.54, 1.807) is 7.11 Å². The predicted octanol–water partition coefficient (Wildman–Crippen LogP) is 0.842. The van der Waals surface area contributed by atoms with Crippen LogP contribution in [0.2, 0.25) is 0 Å². The van der Waals surface area contributed by atoms with Crippen LogP contribution in [-0.4, -0.2) is 36.8 Å². The quantitative estimate of drug-likeness (QED) is 0.751. The lowest BCUT2D eigenvalue weighted by Gasteiger charge is -2.30. The molecule has 1 aliphatic carbocycles. The number of ether oxygens (including phenoxy) is 1. The summed E-state index contributed by atoms with van der Waals surface area (Å²) in [7, 11) is 1.64. The number of hydrogen-bond donors (Lipinski definition) is 3. The second kappa shape index (κ2) is 7.43. The van der Waals surface area contributed by atoms with Gasteiger partial charge >= 0.3 is 0 Å². The summed E-state index contributed by atoms with van der Waals surface area (Å²) in [5.74, 6) is 0.794. The third kappa shape index (κ3) is 4.19. The van der Waals surface area contributed by atoms with Crippen LogP contribution in [0.1, 0.15) is 24.8 Å². The van der Waals surface area contributed by atoms with Crippen molar-refractivity contribution in [2.24, 2.45) is 11.7 Å². The predicted molar refractivity (Wildman–Crippen MR) is 81.0 cm³/mol. The van der Waals surface area contributed by atoms with E-state index in [-0.39, 0.29) is 17.9 Å². The molecular formula is C16H24N2O3.